The summed E-state index contributed by atoms with van der Waals surface area (Å²) in [6.07, 6.45) is -7.48. The van der Waals surface area contributed by atoms with E-state index < -0.39 is 133 Å². The maximum absolute atomic E-state index is 15.2. The second-order valence-corrected chi connectivity index (χ2v) is 29.1. The van der Waals surface area contributed by atoms with Gasteiger partial charge in [-0.1, -0.05) is 12.1 Å². The number of likely N-dealkylation sites (N-methyl/N-ethyl adjacent to an activating group) is 1. The van der Waals surface area contributed by atoms with E-state index in [2.05, 4.69) is 46.4 Å². The van der Waals surface area contributed by atoms with Crippen LogP contribution < -0.4 is 26.6 Å². The molecule has 1 aromatic carbocycles. The third kappa shape index (κ3) is 14.4. The molecule has 0 aliphatic carbocycles. The van der Waals surface area contributed by atoms with Crippen LogP contribution in [0.15, 0.2) is 56.9 Å². The summed E-state index contributed by atoms with van der Waals surface area (Å²) in [5, 5.41) is 69.0. The lowest BCUT2D eigenvalue weighted by atomic mass is 9.85. The molecule has 0 saturated carbocycles. The van der Waals surface area contributed by atoms with Crippen LogP contribution in [0.5, 0.6) is 5.75 Å². The van der Waals surface area contributed by atoms with Crippen molar-refractivity contribution in [2.24, 2.45) is 0 Å². The molecule has 0 spiro atoms. The van der Waals surface area contributed by atoms with Crippen LogP contribution in [0.2, 0.25) is 0 Å². The number of ether oxygens (including phenoxy) is 7. The standard InChI is InChI=1S/C64H68N14O18S5/c1-27(79)43-56(85)74-44(28(2)90-7)59-70-38(26-99-59)55(84)75-47-49-50(96-41-18-64(4,88)51(76(5)6)29(3)95-41)63(87)93-19-30-9-8-10-39-42(30)32(20-92-49)48(78(39)89)62(86)94-21-33(66-53(82)36-25-101-61(47)71-36)58-67-34(22-98-58)45-31(57-68-37(24-97-57)54(83)73-43)17-40(80)46(72-45)60-69-35(23-100-60)52(81)65-11-12-77-13-15-91-16-14-77/h8-10,17,22-27,29,33,41,43,47,49-51,79-80,88-89H,11-16,18-21H2,1-7H3,(H,65,81)(H,66,82)(H,73,83)(H,74,85)(H,75,84)/b44-28+/t27-,29+,33+,41+,43+,47+,49+,50+,51-,64+/m1/s1. The number of hydrogen-bond acceptors (Lipinski definition) is 31. The van der Waals surface area contributed by atoms with E-state index in [9.17, 15) is 34.9 Å². The van der Waals surface area contributed by atoms with Crippen LogP contribution in [0.1, 0.15) is 125 Å². The van der Waals surface area contributed by atoms with Gasteiger partial charge < -0.3 is 85.2 Å². The molecule has 5 aliphatic heterocycles. The Kier molecular flexibility index (Phi) is 20.5. The number of fused-ring (bicyclic) bond motifs is 15. The molecule has 0 radical (unpaired) electrons. The molecule has 37 heteroatoms. The number of allylic oxidation sites excluding steroid dienone is 1. The minimum Gasteiger partial charge on any atom is -0.506 e. The summed E-state index contributed by atoms with van der Waals surface area (Å²) < 4.78 is 43.8. The van der Waals surface area contributed by atoms with Crippen molar-refractivity contribution in [2.75, 3.05) is 67.2 Å². The van der Waals surface area contributed by atoms with Gasteiger partial charge in [0.15, 0.2) is 18.1 Å². The van der Waals surface area contributed by atoms with Crippen LogP contribution in [0.4, 0.5) is 0 Å². The van der Waals surface area contributed by atoms with Crippen LogP contribution >= 0.6 is 56.7 Å². The van der Waals surface area contributed by atoms with Crippen LogP contribution in [-0.2, 0) is 56.0 Å². The molecular formula is C64H68N14O18S5. The number of pyridine rings is 1. The number of nitrogens with one attached hydrogen (secondary N) is 5. The summed E-state index contributed by atoms with van der Waals surface area (Å²) >= 11 is 4.73. The number of hydrogen-bond donors (Lipinski definition) is 9. The minimum absolute atomic E-state index is 0.00244. The lowest BCUT2D eigenvalue weighted by Crippen LogP contribution is -2.62. The number of rotatable bonds is 10. The Morgan fingerprint density at radius 3 is 2.27 bits per heavy atom. The van der Waals surface area contributed by atoms with E-state index in [1.807, 2.05) is 0 Å². The molecule has 7 aromatic heterocycles. The van der Waals surface area contributed by atoms with Gasteiger partial charge in [-0.25, -0.2) is 39.5 Å². The van der Waals surface area contributed by atoms with Crippen LogP contribution in [0.3, 0.4) is 0 Å². The van der Waals surface area contributed by atoms with Gasteiger partial charge in [0.1, 0.15) is 120 Å². The SMILES string of the molecule is CO/C(C)=C1/NC(=O)[C@H]([C@@H](C)O)NC(=O)c2csc(n2)-c2cc(O)c(-c3nc(C(=O)NCCN4CCOCC4)cs3)nc2-c2csc(n2)[C@@H]2COC(=O)c3c4c5c(cccc5n3O)COC(=O)[C@@H](O[C@H]3C[C@](C)(O)[C@H](N(C)C)[C@H](C)O3)[C@@H](OC4)[C@H](NC(=O)c3csc1n3)c1nc(cs1)C(=O)N2. The Balaban J connectivity index is 0.960. The Hall–Kier alpha value is -8.83. The number of morpholine rings is 1. The first-order chi connectivity index (χ1) is 48.4. The molecule has 12 heterocycles. The molecule has 32 nitrogen and oxygen atoms in total. The molecule has 10 atom stereocenters. The third-order valence-electron chi connectivity index (χ3n) is 17.6. The van der Waals surface area contributed by atoms with Gasteiger partial charge in [-0.3, -0.25) is 28.9 Å². The summed E-state index contributed by atoms with van der Waals surface area (Å²) in [5.74, 6) is -6.64. The fourth-order valence-electron chi connectivity index (χ4n) is 12.7. The molecule has 532 valence electrons. The van der Waals surface area contributed by atoms with Crippen molar-refractivity contribution in [1.29, 1.82) is 0 Å². The number of nitrogens with zero attached hydrogens (tertiary/aromatic N) is 9. The number of aromatic nitrogens is 7. The normalized spacial score (nSPS) is 24.9. The average Bonchev–Trinajstić information content (AvgIpc) is 1.67. The number of carbonyl (C=O) groups excluding carboxylic acids is 7. The smallest absolute Gasteiger partial charge is 0.358 e. The van der Waals surface area contributed by atoms with E-state index in [0.717, 1.165) is 69.8 Å². The fourth-order valence-corrected chi connectivity index (χ4v) is 16.9. The number of carbonyl (C=O) groups is 7. The van der Waals surface area contributed by atoms with Crippen molar-refractivity contribution < 1.29 is 87.2 Å². The molecule has 2 fully saturated rings. The number of cyclic esters (lactones) is 2. The monoisotopic (exact) mass is 1480 g/mol. The molecule has 13 rings (SSSR count). The molecule has 5 aliphatic rings. The van der Waals surface area contributed by atoms with E-state index in [4.69, 9.17) is 48.1 Å². The van der Waals surface area contributed by atoms with Crippen molar-refractivity contribution in [3.05, 3.63) is 112 Å². The number of methoxy groups -OCH3 is 1. The highest BCUT2D eigenvalue weighted by molar-refractivity contribution is 7.14. The largest absolute Gasteiger partial charge is 0.506 e. The molecule has 101 heavy (non-hydrogen) atoms. The maximum Gasteiger partial charge on any atom is 0.358 e. The van der Waals surface area contributed by atoms with Gasteiger partial charge in [0.25, 0.3) is 23.6 Å². The third-order valence-corrected chi connectivity index (χ3v) is 22.0. The first kappa shape index (κ1) is 70.6. The zero-order chi connectivity index (χ0) is 71.3. The number of aliphatic hydroxyl groups is 2. The molecule has 12 bridgehead atoms. The topological polar surface area (TPSA) is 414 Å². The predicted molar refractivity (Wildman–Crippen MR) is 364 cm³/mol. The van der Waals surface area contributed by atoms with Gasteiger partial charge in [-0.2, -0.15) is 4.73 Å². The summed E-state index contributed by atoms with van der Waals surface area (Å²) in [6, 6.07) is 0.844. The Morgan fingerprint density at radius 2 is 1.52 bits per heavy atom. The van der Waals surface area contributed by atoms with Gasteiger partial charge in [-0.15, -0.1) is 56.7 Å². The zero-order valence-electron chi connectivity index (χ0n) is 55.0. The van der Waals surface area contributed by atoms with Gasteiger partial charge in [0.05, 0.1) is 56.3 Å². The minimum atomic E-state index is -1.90. The van der Waals surface area contributed by atoms with Crippen LogP contribution in [0.25, 0.3) is 49.3 Å². The summed E-state index contributed by atoms with van der Waals surface area (Å²) in [5.41, 5.74) is -2.12. The van der Waals surface area contributed by atoms with E-state index in [1.54, 1.807) is 50.4 Å². The molecule has 8 aromatic rings. The molecule has 5 amide bonds. The number of aromatic hydroxyl groups is 1. The lowest BCUT2D eigenvalue weighted by Gasteiger charge is -2.48. The number of esters is 2. The summed E-state index contributed by atoms with van der Waals surface area (Å²) in [4.78, 5) is 135. The molecule has 2 saturated heterocycles. The van der Waals surface area contributed by atoms with E-state index in [0.29, 0.717) is 36.6 Å². The number of aliphatic hydroxyl groups excluding tert-OH is 1. The van der Waals surface area contributed by atoms with Crippen molar-refractivity contribution in [2.45, 2.75) is 108 Å². The van der Waals surface area contributed by atoms with Gasteiger partial charge in [0, 0.05) is 76.0 Å². The zero-order valence-corrected chi connectivity index (χ0v) is 59.1. The lowest BCUT2D eigenvalue weighted by molar-refractivity contribution is -0.280. The van der Waals surface area contributed by atoms with E-state index in [-0.39, 0.29) is 105 Å². The quantitative estimate of drug-likeness (QED) is 0.0525. The van der Waals surface area contributed by atoms with Crippen molar-refractivity contribution in [3.8, 4) is 38.4 Å². The highest BCUT2D eigenvalue weighted by Gasteiger charge is 2.50. The first-order valence-electron chi connectivity index (χ1n) is 31.7. The molecular weight excluding hydrogens is 1410 g/mol. The first-order valence-corrected chi connectivity index (χ1v) is 36.1. The second kappa shape index (κ2) is 29.3. The highest BCUT2D eigenvalue weighted by Crippen LogP contribution is 2.43. The fraction of sp³-hybridized carbons (Fsp3) is 0.422. The van der Waals surface area contributed by atoms with E-state index in [1.165, 1.54) is 54.6 Å². The van der Waals surface area contributed by atoms with Crippen molar-refractivity contribution in [1.82, 2.24) is 71.0 Å². The number of benzene rings is 1. The van der Waals surface area contributed by atoms with Gasteiger partial charge >= 0.3 is 11.9 Å². The number of amides is 5. The predicted octanol–water partition coefficient (Wildman–Crippen LogP) is 4.22. The highest BCUT2D eigenvalue weighted by atomic mass is 32.1. The number of thiazole rings is 5. The Labute approximate surface area is 594 Å². The maximum atomic E-state index is 15.2. The average molecular weight is 1480 g/mol. The Bertz CT molecular complexity index is 4570. The van der Waals surface area contributed by atoms with Crippen LogP contribution in [-0.4, -0.2) is 222 Å². The summed E-state index contributed by atoms with van der Waals surface area (Å²) in [7, 11) is 4.87. The molecule has 9 N–H and O–H groups in total. The van der Waals surface area contributed by atoms with E-state index >= 15 is 19.2 Å². The van der Waals surface area contributed by atoms with Gasteiger partial charge in [-0.05, 0) is 59.5 Å². The van der Waals surface area contributed by atoms with Crippen molar-refractivity contribution in [3.63, 3.8) is 0 Å². The molecule has 0 unspecified atom stereocenters. The Morgan fingerprint density at radius 1 is 0.842 bits per heavy atom. The van der Waals surface area contributed by atoms with Crippen LogP contribution in [0, 0.1) is 0 Å². The van der Waals surface area contributed by atoms with Crippen molar-refractivity contribution >= 4 is 115 Å². The second-order valence-electron chi connectivity index (χ2n) is 24.7. The summed E-state index contributed by atoms with van der Waals surface area (Å²) in [6.45, 7) is 7.88. The van der Waals surface area contributed by atoms with Gasteiger partial charge in [0.2, 0.25) is 5.91 Å².